The van der Waals surface area contributed by atoms with Crippen molar-refractivity contribution in [3.8, 4) is 0 Å². The molecule has 2 heteroatoms. The molecule has 0 aromatic heterocycles. The van der Waals surface area contributed by atoms with Crippen LogP contribution in [0.5, 0.6) is 0 Å². The minimum absolute atomic E-state index is 0.671. The van der Waals surface area contributed by atoms with Gasteiger partial charge in [-0.05, 0) is 37.5 Å². The molecule has 1 saturated carbocycles. The van der Waals surface area contributed by atoms with Crippen LogP contribution in [0.3, 0.4) is 0 Å². The average molecular weight is 246 g/mol. The van der Waals surface area contributed by atoms with Crippen molar-refractivity contribution in [2.75, 3.05) is 24.3 Å². The van der Waals surface area contributed by atoms with Gasteiger partial charge in [0.2, 0.25) is 0 Å². The third kappa shape index (κ3) is 3.41. The Morgan fingerprint density at radius 2 is 1.72 bits per heavy atom. The van der Waals surface area contributed by atoms with Gasteiger partial charge in [-0.25, -0.2) is 0 Å². The molecule has 1 aromatic carbocycles. The van der Waals surface area contributed by atoms with Crippen LogP contribution in [0.2, 0.25) is 0 Å². The summed E-state index contributed by atoms with van der Waals surface area (Å²) in [6, 6.07) is 7.38. The number of hydrogen-bond acceptors (Lipinski definition) is 2. The highest BCUT2D eigenvalue weighted by molar-refractivity contribution is 5.62. The Kier molecular flexibility index (Phi) is 4.51. The minimum atomic E-state index is 0.671. The molecular weight excluding hydrogens is 220 g/mol. The average Bonchev–Trinajstić information content (AvgIpc) is 2.60. The quantitative estimate of drug-likeness (QED) is 0.804. The first-order valence-electron chi connectivity index (χ1n) is 7.21. The molecule has 1 fully saturated rings. The highest BCUT2D eigenvalue weighted by Gasteiger charge is 2.12. The van der Waals surface area contributed by atoms with Crippen molar-refractivity contribution in [3.05, 3.63) is 23.8 Å². The second-order valence-corrected chi connectivity index (χ2v) is 5.73. The van der Waals surface area contributed by atoms with E-state index in [9.17, 15) is 0 Å². The molecule has 1 N–H and O–H groups in total. The van der Waals surface area contributed by atoms with Crippen LogP contribution in [0, 0.1) is 6.92 Å². The lowest BCUT2D eigenvalue weighted by atomic mass is 10.1. The molecular formula is C16H26N2. The third-order valence-corrected chi connectivity index (χ3v) is 3.92. The zero-order chi connectivity index (χ0) is 13.0. The number of rotatable bonds is 3. The first kappa shape index (κ1) is 13.3. The van der Waals surface area contributed by atoms with Gasteiger partial charge in [0.1, 0.15) is 0 Å². The lowest BCUT2D eigenvalue weighted by Crippen LogP contribution is -2.19. The second-order valence-electron chi connectivity index (χ2n) is 5.73. The Balaban J connectivity index is 2.06. The topological polar surface area (TPSA) is 15.3 Å². The zero-order valence-corrected chi connectivity index (χ0v) is 12.0. The summed E-state index contributed by atoms with van der Waals surface area (Å²) in [5.41, 5.74) is 3.93. The van der Waals surface area contributed by atoms with E-state index in [4.69, 9.17) is 0 Å². The lowest BCUT2D eigenvalue weighted by molar-refractivity contribution is 0.620. The van der Waals surface area contributed by atoms with Crippen molar-refractivity contribution in [2.45, 2.75) is 51.5 Å². The van der Waals surface area contributed by atoms with Crippen LogP contribution in [0.15, 0.2) is 18.2 Å². The molecule has 100 valence electrons. The molecule has 0 atom stereocenters. The van der Waals surface area contributed by atoms with E-state index in [2.05, 4.69) is 49.4 Å². The van der Waals surface area contributed by atoms with Gasteiger partial charge in [0, 0.05) is 31.5 Å². The molecule has 1 aliphatic rings. The molecule has 18 heavy (non-hydrogen) atoms. The summed E-state index contributed by atoms with van der Waals surface area (Å²) in [6.45, 7) is 2.17. The normalized spacial score (nSPS) is 17.3. The number of nitrogens with one attached hydrogen (secondary N) is 1. The molecule has 1 aromatic rings. The van der Waals surface area contributed by atoms with Gasteiger partial charge in [-0.2, -0.15) is 0 Å². The number of aryl methyl sites for hydroxylation is 1. The maximum Gasteiger partial charge on any atom is 0.0411 e. The molecule has 0 spiro atoms. The van der Waals surface area contributed by atoms with Gasteiger partial charge in [0.05, 0.1) is 0 Å². The number of nitrogens with zero attached hydrogens (tertiary/aromatic N) is 1. The fraction of sp³-hybridized carbons (Fsp3) is 0.625. The Hall–Kier alpha value is -1.18. The van der Waals surface area contributed by atoms with Gasteiger partial charge in [-0.15, -0.1) is 0 Å². The van der Waals surface area contributed by atoms with Gasteiger partial charge < -0.3 is 10.2 Å². The summed E-state index contributed by atoms with van der Waals surface area (Å²) in [6.07, 6.45) is 8.23. The van der Waals surface area contributed by atoms with E-state index in [0.717, 1.165) is 0 Å². The highest BCUT2D eigenvalue weighted by Crippen LogP contribution is 2.25. The number of benzene rings is 1. The van der Waals surface area contributed by atoms with E-state index in [1.165, 1.54) is 55.5 Å². The molecule has 0 aliphatic heterocycles. The van der Waals surface area contributed by atoms with Gasteiger partial charge in [-0.3, -0.25) is 0 Å². The van der Waals surface area contributed by atoms with Crippen LogP contribution >= 0.6 is 0 Å². The van der Waals surface area contributed by atoms with Crippen LogP contribution in [0.25, 0.3) is 0 Å². The molecule has 0 saturated heterocycles. The van der Waals surface area contributed by atoms with Crippen molar-refractivity contribution in [1.29, 1.82) is 0 Å². The van der Waals surface area contributed by atoms with Crippen LogP contribution in [0.1, 0.15) is 44.1 Å². The van der Waals surface area contributed by atoms with Gasteiger partial charge in [0.15, 0.2) is 0 Å². The largest absolute Gasteiger partial charge is 0.382 e. The van der Waals surface area contributed by atoms with Gasteiger partial charge in [-0.1, -0.05) is 31.7 Å². The van der Waals surface area contributed by atoms with Crippen molar-refractivity contribution in [1.82, 2.24) is 0 Å². The first-order chi connectivity index (χ1) is 8.66. The predicted octanol–water partition coefficient (Wildman–Crippen LogP) is 4.20. The van der Waals surface area contributed by atoms with Crippen LogP contribution in [-0.2, 0) is 0 Å². The first-order valence-corrected chi connectivity index (χ1v) is 7.21. The number of anilines is 2. The maximum absolute atomic E-state index is 3.72. The maximum atomic E-state index is 3.72. The van der Waals surface area contributed by atoms with E-state index >= 15 is 0 Å². The van der Waals surface area contributed by atoms with Crippen LogP contribution in [0.4, 0.5) is 11.4 Å². The van der Waals surface area contributed by atoms with E-state index in [-0.39, 0.29) is 0 Å². The van der Waals surface area contributed by atoms with Crippen LogP contribution in [-0.4, -0.2) is 20.1 Å². The monoisotopic (exact) mass is 246 g/mol. The molecule has 2 rings (SSSR count). The second kappa shape index (κ2) is 6.12. The number of hydrogen-bond donors (Lipinski definition) is 1. The smallest absolute Gasteiger partial charge is 0.0411 e. The van der Waals surface area contributed by atoms with Crippen molar-refractivity contribution >= 4 is 11.4 Å². The van der Waals surface area contributed by atoms with Crippen molar-refractivity contribution < 1.29 is 0 Å². The summed E-state index contributed by atoms with van der Waals surface area (Å²) in [7, 11) is 4.22. The molecule has 0 bridgehead atoms. The fourth-order valence-corrected chi connectivity index (χ4v) is 2.84. The summed E-state index contributed by atoms with van der Waals surface area (Å²) in [4.78, 5) is 2.19. The molecule has 0 radical (unpaired) electrons. The third-order valence-electron chi connectivity index (χ3n) is 3.92. The predicted molar refractivity (Wildman–Crippen MR) is 80.6 cm³/mol. The fourth-order valence-electron chi connectivity index (χ4n) is 2.84. The molecule has 2 nitrogen and oxygen atoms in total. The van der Waals surface area contributed by atoms with Crippen molar-refractivity contribution in [3.63, 3.8) is 0 Å². The van der Waals surface area contributed by atoms with E-state index in [0.29, 0.717) is 6.04 Å². The van der Waals surface area contributed by atoms with Gasteiger partial charge >= 0.3 is 0 Å². The van der Waals surface area contributed by atoms with Crippen molar-refractivity contribution in [2.24, 2.45) is 0 Å². The molecule has 0 heterocycles. The Morgan fingerprint density at radius 1 is 1.06 bits per heavy atom. The lowest BCUT2D eigenvalue weighted by Gasteiger charge is -2.21. The van der Waals surface area contributed by atoms with Crippen LogP contribution < -0.4 is 10.2 Å². The SMILES string of the molecule is Cc1ccc(NC2CCCCCC2)cc1N(C)C. The molecule has 0 amide bonds. The summed E-state index contributed by atoms with van der Waals surface area (Å²) in [5, 5.41) is 3.72. The van der Waals surface area contributed by atoms with E-state index in [1.807, 2.05) is 0 Å². The minimum Gasteiger partial charge on any atom is -0.382 e. The highest BCUT2D eigenvalue weighted by atomic mass is 15.1. The summed E-state index contributed by atoms with van der Waals surface area (Å²) < 4.78 is 0. The van der Waals surface area contributed by atoms with E-state index < -0.39 is 0 Å². The molecule has 1 aliphatic carbocycles. The summed E-state index contributed by atoms with van der Waals surface area (Å²) in [5.74, 6) is 0. The standard InChI is InChI=1S/C16H26N2/c1-13-10-11-15(12-16(13)18(2)3)17-14-8-6-4-5-7-9-14/h10-12,14,17H,4-9H2,1-3H3. The Morgan fingerprint density at radius 3 is 2.33 bits per heavy atom. The molecule has 0 unspecified atom stereocenters. The van der Waals surface area contributed by atoms with Gasteiger partial charge in [0.25, 0.3) is 0 Å². The summed E-state index contributed by atoms with van der Waals surface area (Å²) >= 11 is 0. The van der Waals surface area contributed by atoms with E-state index in [1.54, 1.807) is 0 Å². The Bertz CT molecular complexity index is 377. The zero-order valence-electron chi connectivity index (χ0n) is 12.0. The Labute approximate surface area is 111 Å².